The number of rotatable bonds is 6. The Morgan fingerprint density at radius 2 is 1.96 bits per heavy atom. The highest BCUT2D eigenvalue weighted by Gasteiger charge is 2.26. The quantitative estimate of drug-likeness (QED) is 0.771. The van der Waals surface area contributed by atoms with Crippen molar-refractivity contribution in [3.05, 3.63) is 30.2 Å². The Hall–Kier alpha value is -2.97. The lowest BCUT2D eigenvalue weighted by Gasteiger charge is -2.26. The van der Waals surface area contributed by atoms with E-state index in [0.29, 0.717) is 12.2 Å². The van der Waals surface area contributed by atoms with Gasteiger partial charge in [0.05, 0.1) is 0 Å². The minimum absolute atomic E-state index is 0.189. The van der Waals surface area contributed by atoms with Gasteiger partial charge in [-0.05, 0) is 37.8 Å². The van der Waals surface area contributed by atoms with E-state index in [1.54, 1.807) is 12.4 Å². The third-order valence-electron chi connectivity index (χ3n) is 5.39. The van der Waals surface area contributed by atoms with Gasteiger partial charge in [0.15, 0.2) is 11.5 Å². The molecule has 9 heteroatoms. The lowest BCUT2D eigenvalue weighted by Crippen LogP contribution is -2.41. The van der Waals surface area contributed by atoms with Crippen molar-refractivity contribution in [1.82, 2.24) is 25.5 Å². The summed E-state index contributed by atoms with van der Waals surface area (Å²) < 4.78 is 0. The van der Waals surface area contributed by atoms with Gasteiger partial charge in [0.25, 0.3) is 5.91 Å². The van der Waals surface area contributed by atoms with Gasteiger partial charge in [0.1, 0.15) is 18.0 Å². The van der Waals surface area contributed by atoms with Gasteiger partial charge in [-0.25, -0.2) is 9.97 Å². The second-order valence-electron chi connectivity index (χ2n) is 7.18. The molecule has 28 heavy (non-hydrogen) atoms. The van der Waals surface area contributed by atoms with Crippen molar-refractivity contribution in [1.29, 1.82) is 0 Å². The predicted octanol–water partition coefficient (Wildman–Crippen LogP) is 1.31. The summed E-state index contributed by atoms with van der Waals surface area (Å²) in [7, 11) is 1.84. The molecule has 0 saturated carbocycles. The highest BCUT2D eigenvalue weighted by molar-refractivity contribution is 5.92. The number of nitrogens with zero attached hydrogens (tertiary/aromatic N) is 6. The summed E-state index contributed by atoms with van der Waals surface area (Å²) in [6.07, 6.45) is 6.02. The molecule has 9 nitrogen and oxygen atoms in total. The standard InChI is InChI=1S/C19H26N8O/c1-20-16-11-18(23-13-22-16)27-10-4-5-14(27)12-21-19(28)15-6-7-17(25-24-15)26-8-2-3-9-26/h6-7,11,13-14H,2-5,8-10,12H2,1H3,(H,21,28)(H,20,22,23). The van der Waals surface area contributed by atoms with Crippen LogP contribution in [0.3, 0.4) is 0 Å². The maximum Gasteiger partial charge on any atom is 0.271 e. The zero-order valence-electron chi connectivity index (χ0n) is 16.1. The highest BCUT2D eigenvalue weighted by Crippen LogP contribution is 2.24. The number of nitrogens with one attached hydrogen (secondary N) is 2. The van der Waals surface area contributed by atoms with E-state index in [1.165, 1.54) is 12.8 Å². The molecule has 148 valence electrons. The SMILES string of the molecule is CNc1cc(N2CCCC2CNC(=O)c2ccc(N3CCCC3)nn2)ncn1. The first-order valence-corrected chi connectivity index (χ1v) is 9.88. The lowest BCUT2D eigenvalue weighted by molar-refractivity contribution is 0.0945. The Kier molecular flexibility index (Phi) is 5.50. The molecular weight excluding hydrogens is 356 g/mol. The van der Waals surface area contributed by atoms with E-state index in [-0.39, 0.29) is 11.9 Å². The van der Waals surface area contributed by atoms with Crippen molar-refractivity contribution in [2.45, 2.75) is 31.7 Å². The van der Waals surface area contributed by atoms with Crippen molar-refractivity contribution >= 4 is 23.4 Å². The minimum atomic E-state index is -0.189. The largest absolute Gasteiger partial charge is 0.373 e. The van der Waals surface area contributed by atoms with Crippen LogP contribution < -0.4 is 20.4 Å². The number of hydrogen-bond donors (Lipinski definition) is 2. The molecule has 2 aromatic rings. The molecule has 2 saturated heterocycles. The smallest absolute Gasteiger partial charge is 0.271 e. The van der Waals surface area contributed by atoms with Crippen LogP contribution in [-0.2, 0) is 0 Å². The van der Waals surface area contributed by atoms with Gasteiger partial charge in [0, 0.05) is 45.3 Å². The fourth-order valence-corrected chi connectivity index (χ4v) is 3.85. The number of carbonyl (C=O) groups is 1. The second kappa shape index (κ2) is 8.37. The van der Waals surface area contributed by atoms with Crippen LogP contribution in [0, 0.1) is 0 Å². The Labute approximate surface area is 164 Å². The molecule has 1 atom stereocenters. The molecule has 1 amide bonds. The summed E-state index contributed by atoms with van der Waals surface area (Å²) in [6.45, 7) is 3.49. The molecule has 2 aliphatic rings. The summed E-state index contributed by atoms with van der Waals surface area (Å²) in [5, 5.41) is 14.4. The van der Waals surface area contributed by atoms with Crippen molar-refractivity contribution in [3.8, 4) is 0 Å². The molecule has 0 aromatic carbocycles. The highest BCUT2D eigenvalue weighted by atomic mass is 16.1. The van der Waals surface area contributed by atoms with Gasteiger partial charge in [-0.3, -0.25) is 4.79 Å². The maximum atomic E-state index is 12.5. The first-order valence-electron chi connectivity index (χ1n) is 9.88. The van der Waals surface area contributed by atoms with Gasteiger partial charge in [-0.15, -0.1) is 10.2 Å². The van der Waals surface area contributed by atoms with Crippen molar-refractivity contribution < 1.29 is 4.79 Å². The molecule has 0 spiro atoms. The molecule has 2 aliphatic heterocycles. The van der Waals surface area contributed by atoms with E-state index in [2.05, 4.69) is 40.6 Å². The Balaban J connectivity index is 1.35. The van der Waals surface area contributed by atoms with E-state index in [9.17, 15) is 4.79 Å². The molecule has 1 unspecified atom stereocenters. The molecule has 0 bridgehead atoms. The van der Waals surface area contributed by atoms with Crippen LogP contribution in [0.1, 0.15) is 36.2 Å². The summed E-state index contributed by atoms with van der Waals surface area (Å²) >= 11 is 0. The third kappa shape index (κ3) is 3.97. The van der Waals surface area contributed by atoms with Crippen LogP contribution in [-0.4, -0.2) is 65.3 Å². The topological polar surface area (TPSA) is 99.2 Å². The average molecular weight is 382 g/mol. The van der Waals surface area contributed by atoms with Crippen LogP contribution in [0.5, 0.6) is 0 Å². The van der Waals surface area contributed by atoms with Gasteiger partial charge in [-0.2, -0.15) is 0 Å². The molecule has 4 rings (SSSR count). The Bertz CT molecular complexity index is 806. The summed E-state index contributed by atoms with van der Waals surface area (Å²) in [4.78, 5) is 25.5. The zero-order valence-corrected chi connectivity index (χ0v) is 16.1. The van der Waals surface area contributed by atoms with Gasteiger partial charge < -0.3 is 20.4 Å². The van der Waals surface area contributed by atoms with Crippen LogP contribution in [0.25, 0.3) is 0 Å². The second-order valence-corrected chi connectivity index (χ2v) is 7.18. The summed E-state index contributed by atoms with van der Waals surface area (Å²) in [5.41, 5.74) is 0.354. The number of carbonyl (C=O) groups excluding carboxylic acids is 1. The van der Waals surface area contributed by atoms with Gasteiger partial charge in [-0.1, -0.05) is 0 Å². The number of hydrogen-bond acceptors (Lipinski definition) is 8. The summed E-state index contributed by atoms with van der Waals surface area (Å²) in [6, 6.07) is 5.78. The normalized spacial score (nSPS) is 19.1. The summed E-state index contributed by atoms with van der Waals surface area (Å²) in [5.74, 6) is 2.32. The van der Waals surface area contributed by atoms with Crippen LogP contribution in [0.4, 0.5) is 17.5 Å². The van der Waals surface area contributed by atoms with Crippen molar-refractivity contribution in [2.75, 3.05) is 48.3 Å². The first kappa shape index (κ1) is 18.4. The Morgan fingerprint density at radius 3 is 2.71 bits per heavy atom. The van der Waals surface area contributed by atoms with E-state index >= 15 is 0 Å². The van der Waals surface area contributed by atoms with Crippen LogP contribution in [0.2, 0.25) is 0 Å². The van der Waals surface area contributed by atoms with Crippen LogP contribution in [0.15, 0.2) is 24.5 Å². The molecule has 2 aromatic heterocycles. The molecule has 0 radical (unpaired) electrons. The zero-order chi connectivity index (χ0) is 19.3. The molecular formula is C19H26N8O. The number of aromatic nitrogens is 4. The molecule has 4 heterocycles. The molecule has 2 N–H and O–H groups in total. The number of amides is 1. The van der Waals surface area contributed by atoms with E-state index in [1.807, 2.05) is 19.2 Å². The fraction of sp³-hybridized carbons (Fsp3) is 0.526. The number of anilines is 3. The first-order chi connectivity index (χ1) is 13.7. The fourth-order valence-electron chi connectivity index (χ4n) is 3.85. The van der Waals surface area contributed by atoms with Crippen LogP contribution >= 0.6 is 0 Å². The van der Waals surface area contributed by atoms with Crippen molar-refractivity contribution in [3.63, 3.8) is 0 Å². The van der Waals surface area contributed by atoms with Gasteiger partial charge >= 0.3 is 0 Å². The lowest BCUT2D eigenvalue weighted by atomic mass is 10.2. The molecule has 0 aliphatic carbocycles. The predicted molar refractivity (Wildman–Crippen MR) is 108 cm³/mol. The van der Waals surface area contributed by atoms with Gasteiger partial charge in [0.2, 0.25) is 0 Å². The monoisotopic (exact) mass is 382 g/mol. The minimum Gasteiger partial charge on any atom is -0.373 e. The van der Waals surface area contributed by atoms with E-state index in [0.717, 1.165) is 49.9 Å². The average Bonchev–Trinajstić information content (AvgIpc) is 3.44. The van der Waals surface area contributed by atoms with E-state index < -0.39 is 0 Å². The Morgan fingerprint density at radius 1 is 1.11 bits per heavy atom. The molecule has 2 fully saturated rings. The maximum absolute atomic E-state index is 12.5. The third-order valence-corrected chi connectivity index (χ3v) is 5.39. The van der Waals surface area contributed by atoms with E-state index in [4.69, 9.17) is 0 Å². The van der Waals surface area contributed by atoms with Crippen molar-refractivity contribution in [2.24, 2.45) is 0 Å².